The molecule has 0 bridgehead atoms. The molecule has 3 saturated heterocycles. The van der Waals surface area contributed by atoms with Gasteiger partial charge >= 0.3 is 0 Å². The largest absolute Gasteiger partial charge is 0.396 e. The Hall–Kier alpha value is -13.5. The molecule has 0 spiro atoms. The molecule has 137 heavy (non-hydrogen) atoms. The van der Waals surface area contributed by atoms with Gasteiger partial charge in [-0.3, -0.25) is 38.4 Å². The highest BCUT2D eigenvalue weighted by Crippen LogP contribution is 2.41. The van der Waals surface area contributed by atoms with Crippen LogP contribution in [0, 0.1) is 27.7 Å². The maximum Gasteiger partial charge on any atom is 0.253 e. The molecule has 15 rings (SSSR count). The lowest BCUT2D eigenvalue weighted by atomic mass is 9.95. The monoisotopic (exact) mass is 1850 g/mol. The molecule has 7 amide bonds. The predicted octanol–water partition coefficient (Wildman–Crippen LogP) is 20.2. The quantitative estimate of drug-likeness (QED) is 0.0291. The Balaban J connectivity index is 0.000000165. The van der Waals surface area contributed by atoms with E-state index in [0.717, 1.165) is 285 Å². The maximum absolute atomic E-state index is 13.3. The summed E-state index contributed by atoms with van der Waals surface area (Å²) < 4.78 is 0. The molecule has 720 valence electrons. The summed E-state index contributed by atoms with van der Waals surface area (Å²) in [4.78, 5) is 134. The van der Waals surface area contributed by atoms with Gasteiger partial charge in [0.2, 0.25) is 17.7 Å². The number of aliphatic hydroxyl groups excluding tert-OH is 1. The van der Waals surface area contributed by atoms with E-state index < -0.39 is 0 Å². The molecule has 7 aliphatic heterocycles. The average molecular weight is 1850 g/mol. The summed E-state index contributed by atoms with van der Waals surface area (Å²) in [7, 11) is 0. The normalized spacial score (nSPS) is 14.7. The van der Waals surface area contributed by atoms with E-state index in [1.165, 1.54) is 0 Å². The fourth-order valence-electron chi connectivity index (χ4n) is 18.8. The van der Waals surface area contributed by atoms with Gasteiger partial charge in [-0.15, -0.1) is 0 Å². The van der Waals surface area contributed by atoms with E-state index in [1.54, 1.807) is 11.8 Å². The van der Waals surface area contributed by atoms with Crippen LogP contribution in [0.25, 0.3) is 68.8 Å². The summed E-state index contributed by atoms with van der Waals surface area (Å²) in [5, 5.41) is 9.22. The average Bonchev–Trinajstić information content (AvgIpc) is 1.79. The molecule has 24 nitrogen and oxygen atoms in total. The number of rotatable bonds is 29. The summed E-state index contributed by atoms with van der Waals surface area (Å²) in [6, 6.07) is 47.5. The van der Waals surface area contributed by atoms with Crippen LogP contribution in [0.3, 0.4) is 0 Å². The first kappa shape index (κ1) is 102. The summed E-state index contributed by atoms with van der Waals surface area (Å²) >= 11 is 0. The van der Waals surface area contributed by atoms with Crippen LogP contribution in [0.4, 0.5) is 22.7 Å². The lowest BCUT2D eigenvalue weighted by Crippen LogP contribution is -2.35. The zero-order valence-corrected chi connectivity index (χ0v) is 82.4. The minimum Gasteiger partial charge on any atom is -0.396 e. The van der Waals surface area contributed by atoms with E-state index in [4.69, 9.17) is 22.9 Å². The Morgan fingerprint density at radius 2 is 0.526 bits per heavy atom. The number of carbonyl (C=O) groups excluding carboxylic acids is 8. The molecule has 3 fully saturated rings. The van der Waals surface area contributed by atoms with Crippen LogP contribution < -0.4 is 22.9 Å². The van der Waals surface area contributed by atoms with Gasteiger partial charge in [0, 0.05) is 191 Å². The van der Waals surface area contributed by atoms with Gasteiger partial charge < -0.3 is 62.3 Å². The molecule has 7 heterocycles. The number of carbonyl (C=O) groups is 8. The third kappa shape index (κ3) is 26.2. The number of Topliss-reactive ketones (excluding diaryl/α,β-unsaturated/α-hetero) is 1. The van der Waals surface area contributed by atoms with Crippen molar-refractivity contribution in [1.29, 1.82) is 0 Å². The standard InChI is InChI=1S/C31H42N4O2.C29H36N4O3.C29H36N4O2.C24H25N3O2/c1-6-14-34(15-7-2)30(36)24-12-10-23(11-13-24)27-21-28-25(18-22(27)5)19-26(20-29(32)33-28)31(37)35(16-8-3)17-9-4;1-3-11-32(14-6-15-34)29(36)24-17-23-16-20(2)25(19-26(23)31-27(30)18-24)21-7-9-22(10-8-21)28(35)33-12-4-5-13-33;1-4-12-32(13-5-2)29(35)24-17-23-16-20(3)25(19-26(23)31-27(30)18-24)21-8-10-22(11-9-21)28(34)33-14-6-7-15-33;1-15-11-20-12-19(16(2)28)13-23(25)26-22(20)14-21(15)17-5-7-18(8-6-17)24(29)27-9-3-4-10-27/h10-13,18-19,21H,6-9,14-17,20H2,1-5H3,(H2,32,33);7-10,16-17,19,34H,3-6,11-15,18H2,1-2H3,(H2,30,31);8-11,16-17,19H,4-7,12-15,18H2,1-3H3,(H2,30,31);5-8,11-12,14H,3-4,9-10,13H2,1-2H3,(H2,25,26). The van der Waals surface area contributed by atoms with Gasteiger partial charge in [0.1, 0.15) is 23.3 Å². The van der Waals surface area contributed by atoms with Gasteiger partial charge in [0.25, 0.3) is 23.6 Å². The topological polar surface area (TPSA) is 333 Å². The number of ketones is 1. The van der Waals surface area contributed by atoms with Gasteiger partial charge in [0.05, 0.1) is 22.7 Å². The van der Waals surface area contributed by atoms with Crippen molar-refractivity contribution in [3.63, 3.8) is 0 Å². The second kappa shape index (κ2) is 48.8. The summed E-state index contributed by atoms with van der Waals surface area (Å²) in [6.45, 7) is 35.0. The SMILES string of the molecule is CC(=O)C1=Cc2cc(C)c(-c3ccc(C(=O)N4CCCC4)cc3)cc2N=C(N)C1.CCCN(CCC)C(=O)C1=Cc2cc(C)c(-c3ccc(C(=O)N(CCC)CCC)cc3)cc2N=C(N)C1.CCCN(CCC)C(=O)C1=Cc2cc(C)c(-c3ccc(C(=O)N4CCCC4)cc3)cc2N=C(N)C1.CCCN(CCCO)C(=O)C1=Cc2cc(C)c(-c3ccc(C(=O)N4CCCC4)cc3)cc2N=C(N)C1. The summed E-state index contributed by atoms with van der Waals surface area (Å²) in [6.07, 6.45) is 22.5. The first-order valence-electron chi connectivity index (χ1n) is 49.4. The van der Waals surface area contributed by atoms with Gasteiger partial charge in [-0.2, -0.15) is 0 Å². The van der Waals surface area contributed by atoms with Crippen LogP contribution in [0.5, 0.6) is 0 Å². The molecule has 0 atom stereocenters. The number of hydrogen-bond donors (Lipinski definition) is 5. The van der Waals surface area contributed by atoms with E-state index in [-0.39, 0.29) is 60.2 Å². The fraction of sp³-hybridized carbons (Fsp3) is 0.398. The Labute approximate surface area is 809 Å². The number of aliphatic imine (C=N–C) groups is 4. The molecular weight excluding hydrogens is 1710 g/mol. The molecule has 8 aromatic rings. The first-order valence-corrected chi connectivity index (χ1v) is 49.4. The van der Waals surface area contributed by atoms with Crippen molar-refractivity contribution in [1.82, 2.24) is 34.3 Å². The lowest BCUT2D eigenvalue weighted by molar-refractivity contribution is -0.128. The number of aliphatic hydroxyl groups is 1. The maximum atomic E-state index is 13.3. The number of nitrogens with zero attached hydrogens (tertiary/aromatic N) is 11. The molecule has 0 radical (unpaired) electrons. The highest BCUT2D eigenvalue weighted by molar-refractivity contribution is 6.10. The molecule has 0 saturated carbocycles. The minimum atomic E-state index is -0.0590. The van der Waals surface area contributed by atoms with E-state index >= 15 is 0 Å². The number of nitrogens with two attached hydrogens (primary N) is 4. The predicted molar refractivity (Wildman–Crippen MR) is 557 cm³/mol. The number of fused-ring (bicyclic) bond motifs is 4. The third-order valence-corrected chi connectivity index (χ3v) is 25.8. The highest BCUT2D eigenvalue weighted by Gasteiger charge is 2.30. The zero-order chi connectivity index (χ0) is 98.1. The van der Waals surface area contributed by atoms with E-state index in [9.17, 15) is 43.5 Å². The molecule has 9 N–H and O–H groups in total. The van der Waals surface area contributed by atoms with Gasteiger partial charge in [0.15, 0.2) is 5.78 Å². The second-order valence-corrected chi connectivity index (χ2v) is 36.8. The number of amidine groups is 4. The van der Waals surface area contributed by atoms with Crippen molar-refractivity contribution in [3.8, 4) is 44.5 Å². The Morgan fingerprint density at radius 3 is 0.759 bits per heavy atom. The first-order chi connectivity index (χ1) is 66.0. The van der Waals surface area contributed by atoms with Crippen LogP contribution in [0.2, 0.25) is 0 Å². The Bertz CT molecular complexity index is 5980. The van der Waals surface area contributed by atoms with E-state index in [1.807, 2.05) is 208 Å². The van der Waals surface area contributed by atoms with Crippen LogP contribution >= 0.6 is 0 Å². The van der Waals surface area contributed by atoms with Gasteiger partial charge in [-0.05, 0) is 313 Å². The number of hydrogen-bond acceptors (Lipinski definition) is 17. The number of aryl methyl sites for hydroxylation is 4. The van der Waals surface area contributed by atoms with Gasteiger partial charge in [-0.1, -0.05) is 97.0 Å². The van der Waals surface area contributed by atoms with Crippen molar-refractivity contribution < 1.29 is 43.5 Å². The molecule has 0 aliphatic carbocycles. The Morgan fingerprint density at radius 1 is 0.307 bits per heavy atom. The van der Waals surface area contributed by atoms with Crippen molar-refractivity contribution in [2.75, 3.05) is 98.2 Å². The molecular formula is C113H139N15O9. The molecule has 0 aromatic heterocycles. The van der Waals surface area contributed by atoms with Crippen molar-refractivity contribution in [3.05, 3.63) is 235 Å². The number of benzene rings is 8. The Kier molecular flexibility index (Phi) is 36.5. The van der Waals surface area contributed by atoms with E-state index in [2.05, 4.69) is 87.5 Å². The second-order valence-electron chi connectivity index (χ2n) is 36.8. The summed E-state index contributed by atoms with van der Waals surface area (Å²) in [5.41, 5.74) is 49.4. The van der Waals surface area contributed by atoms with Crippen LogP contribution in [-0.2, 0) is 19.2 Å². The van der Waals surface area contributed by atoms with Crippen molar-refractivity contribution >= 4 is 118 Å². The highest BCUT2D eigenvalue weighted by atomic mass is 16.3. The molecule has 8 aromatic carbocycles. The molecule has 0 unspecified atom stereocenters. The third-order valence-electron chi connectivity index (χ3n) is 25.8. The van der Waals surface area contributed by atoms with Gasteiger partial charge in [-0.25, -0.2) is 20.0 Å². The van der Waals surface area contributed by atoms with E-state index in [0.29, 0.717) is 95.5 Å². The number of amides is 7. The summed E-state index contributed by atoms with van der Waals surface area (Å²) in [5.74, 6) is 2.12. The van der Waals surface area contributed by atoms with Crippen molar-refractivity contribution in [2.24, 2.45) is 42.9 Å². The molecule has 7 aliphatic rings. The van der Waals surface area contributed by atoms with Crippen LogP contribution in [0.15, 0.2) is 188 Å². The number of likely N-dealkylation sites (tertiary alicyclic amines) is 3. The smallest absolute Gasteiger partial charge is 0.253 e. The lowest BCUT2D eigenvalue weighted by Gasteiger charge is -2.23. The zero-order valence-electron chi connectivity index (χ0n) is 82.4. The minimum absolute atomic E-state index is 0.0102. The fourth-order valence-corrected chi connectivity index (χ4v) is 18.8. The molecule has 24 heteroatoms. The van der Waals surface area contributed by atoms with Crippen LogP contribution in [0.1, 0.15) is 257 Å². The van der Waals surface area contributed by atoms with Crippen LogP contribution in [-0.4, -0.2) is 208 Å². The van der Waals surface area contributed by atoms with Crippen molar-refractivity contribution in [2.45, 2.75) is 199 Å².